The maximum Gasteiger partial charge on any atom is 0.325 e. The van der Waals surface area contributed by atoms with E-state index in [1.165, 1.54) is 6.07 Å². The van der Waals surface area contributed by atoms with E-state index in [0.717, 1.165) is 40.7 Å². The van der Waals surface area contributed by atoms with Gasteiger partial charge in [-0.2, -0.15) is 0 Å². The van der Waals surface area contributed by atoms with Gasteiger partial charge in [-0.25, -0.2) is 9.18 Å². The lowest BCUT2D eigenvalue weighted by Gasteiger charge is -2.30. The van der Waals surface area contributed by atoms with Gasteiger partial charge in [0.25, 0.3) is 0 Å². The van der Waals surface area contributed by atoms with Crippen molar-refractivity contribution in [1.29, 1.82) is 0 Å². The minimum absolute atomic E-state index is 0.0125. The van der Waals surface area contributed by atoms with Crippen LogP contribution >= 0.6 is 15.9 Å². The van der Waals surface area contributed by atoms with E-state index in [-0.39, 0.29) is 23.3 Å². The number of pyridine rings is 1. The molecule has 4 nitrogen and oxygen atoms in total. The second kappa shape index (κ2) is 6.03. The molecule has 1 aromatic heterocycles. The van der Waals surface area contributed by atoms with Crippen molar-refractivity contribution in [3.8, 4) is 0 Å². The van der Waals surface area contributed by atoms with Crippen molar-refractivity contribution in [1.82, 2.24) is 9.88 Å². The highest BCUT2D eigenvalue weighted by atomic mass is 79.9. The molecule has 1 aromatic carbocycles. The van der Waals surface area contributed by atoms with Crippen molar-refractivity contribution in [3.05, 3.63) is 58.1 Å². The molecule has 27 heavy (non-hydrogen) atoms. The maximum atomic E-state index is 13.8. The summed E-state index contributed by atoms with van der Waals surface area (Å²) in [5, 5.41) is 0. The number of hydrogen-bond donors (Lipinski definition) is 0. The molecule has 1 aliphatic carbocycles. The Hall–Kier alpha value is -1.95. The summed E-state index contributed by atoms with van der Waals surface area (Å²) in [6, 6.07) is 8.59. The lowest BCUT2D eigenvalue weighted by molar-refractivity contribution is 0.199. The smallest absolute Gasteiger partial charge is 0.317 e. The summed E-state index contributed by atoms with van der Waals surface area (Å²) in [6.07, 6.45) is 4.85. The van der Waals surface area contributed by atoms with Gasteiger partial charge >= 0.3 is 6.03 Å². The van der Waals surface area contributed by atoms with Gasteiger partial charge in [0.1, 0.15) is 5.82 Å². The molecule has 2 fully saturated rings. The van der Waals surface area contributed by atoms with Crippen LogP contribution in [0, 0.1) is 11.7 Å². The molecule has 0 radical (unpaired) electrons. The van der Waals surface area contributed by atoms with E-state index in [1.54, 1.807) is 12.1 Å². The third kappa shape index (κ3) is 2.76. The average Bonchev–Trinajstić information content (AvgIpc) is 3.21. The Kier molecular flexibility index (Phi) is 3.83. The quantitative estimate of drug-likeness (QED) is 0.636. The predicted molar refractivity (Wildman–Crippen MR) is 105 cm³/mol. The van der Waals surface area contributed by atoms with E-state index >= 15 is 0 Å². The van der Waals surface area contributed by atoms with E-state index < -0.39 is 0 Å². The predicted octanol–water partition coefficient (Wildman–Crippen LogP) is 5.04. The summed E-state index contributed by atoms with van der Waals surface area (Å²) < 4.78 is 14.7. The molecule has 2 atom stereocenters. The average molecular weight is 430 g/mol. The van der Waals surface area contributed by atoms with Crippen LogP contribution in [0.15, 0.2) is 41.0 Å². The maximum absolute atomic E-state index is 13.8. The van der Waals surface area contributed by atoms with Crippen LogP contribution in [-0.2, 0) is 5.41 Å². The number of hydrogen-bond acceptors (Lipinski definition) is 2. The minimum atomic E-state index is -0.254. The van der Waals surface area contributed by atoms with Gasteiger partial charge in [0, 0.05) is 29.2 Å². The van der Waals surface area contributed by atoms with Gasteiger partial charge in [-0.1, -0.05) is 19.1 Å². The lowest BCUT2D eigenvalue weighted by Crippen LogP contribution is -2.43. The number of halogens is 2. The van der Waals surface area contributed by atoms with E-state index in [4.69, 9.17) is 0 Å². The highest BCUT2D eigenvalue weighted by Gasteiger charge is 2.55. The first-order valence-electron chi connectivity index (χ1n) is 9.46. The number of urea groups is 1. The Bertz CT molecular complexity index is 929. The highest BCUT2D eigenvalue weighted by molar-refractivity contribution is 9.10. The molecule has 6 heteroatoms. The largest absolute Gasteiger partial charge is 0.325 e. The lowest BCUT2D eigenvalue weighted by atomic mass is 10.0. The summed E-state index contributed by atoms with van der Waals surface area (Å²) in [6.45, 7) is 3.55. The summed E-state index contributed by atoms with van der Waals surface area (Å²) >= 11 is 3.49. The molecule has 1 saturated heterocycles. The number of rotatable bonds is 1. The SMILES string of the molecule is CC1CC(c2cccc(F)c2)N(C(=O)N2CC3(CC3)c3ncc(Br)cc32)C1. The van der Waals surface area contributed by atoms with Crippen molar-refractivity contribution in [2.24, 2.45) is 5.92 Å². The summed E-state index contributed by atoms with van der Waals surface area (Å²) in [5.41, 5.74) is 2.89. The fourth-order valence-electron chi connectivity index (χ4n) is 4.66. The first-order valence-corrected chi connectivity index (χ1v) is 10.3. The van der Waals surface area contributed by atoms with Gasteiger partial charge in [0.15, 0.2) is 0 Å². The third-order valence-corrected chi connectivity index (χ3v) is 6.60. The normalized spacial score (nSPS) is 25.1. The van der Waals surface area contributed by atoms with Crippen molar-refractivity contribution in [3.63, 3.8) is 0 Å². The van der Waals surface area contributed by atoms with Crippen molar-refractivity contribution in [2.45, 2.75) is 37.6 Å². The minimum Gasteiger partial charge on any atom is -0.317 e. The van der Waals surface area contributed by atoms with Crippen LogP contribution in [0.1, 0.15) is 43.5 Å². The number of fused-ring (bicyclic) bond motifs is 2. The molecule has 0 bridgehead atoms. The van der Waals surface area contributed by atoms with Crippen LogP contribution in [-0.4, -0.2) is 29.0 Å². The molecule has 0 N–H and O–H groups in total. The zero-order valence-electron chi connectivity index (χ0n) is 15.2. The number of likely N-dealkylation sites (tertiary alicyclic amines) is 1. The van der Waals surface area contributed by atoms with E-state index in [2.05, 4.69) is 27.8 Å². The van der Waals surface area contributed by atoms with Crippen LogP contribution in [0.25, 0.3) is 0 Å². The number of anilines is 1. The van der Waals surface area contributed by atoms with E-state index in [9.17, 15) is 9.18 Å². The number of benzene rings is 1. The molecule has 1 saturated carbocycles. The van der Waals surface area contributed by atoms with Crippen LogP contribution in [0.3, 0.4) is 0 Å². The topological polar surface area (TPSA) is 36.4 Å². The molecule has 2 aliphatic heterocycles. The van der Waals surface area contributed by atoms with Gasteiger partial charge in [-0.3, -0.25) is 9.88 Å². The fourth-order valence-corrected chi connectivity index (χ4v) is 4.98. The summed E-state index contributed by atoms with van der Waals surface area (Å²) in [7, 11) is 0. The standard InChI is InChI=1S/C21H21BrFN3O/c1-13-7-17(14-3-2-4-16(23)8-14)25(11-13)20(27)26-12-21(5-6-21)19-18(26)9-15(22)10-24-19/h2-4,8-10,13,17H,5-7,11-12H2,1H3. The molecule has 5 rings (SSSR count). The Labute approximate surface area is 166 Å². The first-order chi connectivity index (χ1) is 13.0. The Morgan fingerprint density at radius 3 is 2.89 bits per heavy atom. The summed E-state index contributed by atoms with van der Waals surface area (Å²) in [4.78, 5) is 22.0. The van der Waals surface area contributed by atoms with Gasteiger partial charge in [-0.15, -0.1) is 0 Å². The molecule has 2 aromatic rings. The molecular weight excluding hydrogens is 409 g/mol. The van der Waals surface area contributed by atoms with Crippen LogP contribution < -0.4 is 4.90 Å². The van der Waals surface area contributed by atoms with E-state index in [0.29, 0.717) is 19.0 Å². The Morgan fingerprint density at radius 2 is 2.15 bits per heavy atom. The van der Waals surface area contributed by atoms with Gasteiger partial charge in [-0.05, 0) is 64.9 Å². The molecule has 2 amide bonds. The molecule has 140 valence electrons. The fraction of sp³-hybridized carbons (Fsp3) is 0.429. The summed E-state index contributed by atoms with van der Waals surface area (Å²) in [5.74, 6) is 0.135. The zero-order valence-corrected chi connectivity index (χ0v) is 16.7. The van der Waals surface area contributed by atoms with E-state index in [1.807, 2.05) is 28.1 Å². The van der Waals surface area contributed by atoms with Crippen molar-refractivity contribution < 1.29 is 9.18 Å². The molecule has 3 aliphatic rings. The van der Waals surface area contributed by atoms with Crippen molar-refractivity contribution >= 4 is 27.6 Å². The van der Waals surface area contributed by atoms with Gasteiger partial charge < -0.3 is 4.90 Å². The highest BCUT2D eigenvalue weighted by Crippen LogP contribution is 2.56. The second-order valence-corrected chi connectivity index (χ2v) is 9.15. The zero-order chi connectivity index (χ0) is 18.8. The van der Waals surface area contributed by atoms with Crippen LogP contribution in [0.4, 0.5) is 14.9 Å². The molecular formula is C21H21BrFN3O. The van der Waals surface area contributed by atoms with Gasteiger partial charge in [0.2, 0.25) is 0 Å². The Morgan fingerprint density at radius 1 is 1.33 bits per heavy atom. The number of carbonyl (C=O) groups excluding carboxylic acids is 1. The molecule has 2 unspecified atom stereocenters. The molecule has 3 heterocycles. The van der Waals surface area contributed by atoms with Gasteiger partial charge in [0.05, 0.1) is 17.4 Å². The number of nitrogens with zero attached hydrogens (tertiary/aromatic N) is 3. The number of carbonyl (C=O) groups is 1. The van der Waals surface area contributed by atoms with Crippen LogP contribution in [0.2, 0.25) is 0 Å². The number of aromatic nitrogens is 1. The Balaban J connectivity index is 1.49. The second-order valence-electron chi connectivity index (χ2n) is 8.23. The van der Waals surface area contributed by atoms with Crippen LogP contribution in [0.5, 0.6) is 0 Å². The van der Waals surface area contributed by atoms with Crippen molar-refractivity contribution in [2.75, 3.05) is 18.0 Å². The molecule has 1 spiro atoms. The monoisotopic (exact) mass is 429 g/mol. The first kappa shape index (κ1) is 17.2. The number of amides is 2. The third-order valence-electron chi connectivity index (χ3n) is 6.16.